The highest BCUT2D eigenvalue weighted by Gasteiger charge is 2.41. The van der Waals surface area contributed by atoms with Crippen LogP contribution in [0.1, 0.15) is 44.9 Å². The van der Waals surface area contributed by atoms with E-state index >= 15 is 0 Å². The summed E-state index contributed by atoms with van der Waals surface area (Å²) in [4.78, 5) is 10.4. The van der Waals surface area contributed by atoms with Gasteiger partial charge in [-0.05, 0) is 31.6 Å². The zero-order chi connectivity index (χ0) is 13.2. The van der Waals surface area contributed by atoms with Gasteiger partial charge in [0.1, 0.15) is 0 Å². The maximum absolute atomic E-state index is 12.2. The van der Waals surface area contributed by atoms with Crippen LogP contribution >= 0.6 is 0 Å². The Hall–Kier alpha value is -0.620. The molecule has 0 bridgehead atoms. The van der Waals surface area contributed by atoms with Crippen molar-refractivity contribution < 1.29 is 18.3 Å². The Morgan fingerprint density at radius 3 is 2.67 bits per heavy atom. The van der Waals surface area contributed by atoms with Crippen molar-refractivity contribution in [2.75, 3.05) is 12.3 Å². The highest BCUT2D eigenvalue weighted by molar-refractivity contribution is 7.89. The lowest BCUT2D eigenvalue weighted by Gasteiger charge is -2.31. The van der Waals surface area contributed by atoms with Crippen LogP contribution in [-0.4, -0.2) is 42.1 Å². The Kier molecular flexibility index (Phi) is 4.27. The van der Waals surface area contributed by atoms with Crippen molar-refractivity contribution in [2.45, 2.75) is 51.0 Å². The maximum atomic E-state index is 12.2. The first-order chi connectivity index (χ1) is 8.50. The van der Waals surface area contributed by atoms with E-state index in [0.717, 1.165) is 25.7 Å². The lowest BCUT2D eigenvalue weighted by Crippen LogP contribution is -2.40. The lowest BCUT2D eigenvalue weighted by molar-refractivity contribution is -0.137. The molecule has 104 valence electrons. The summed E-state index contributed by atoms with van der Waals surface area (Å²) in [5, 5.41) is 8.55. The molecule has 0 aromatic rings. The van der Waals surface area contributed by atoms with Gasteiger partial charge in [-0.2, -0.15) is 4.31 Å². The number of sulfonamides is 1. The number of hydrogen-bond acceptors (Lipinski definition) is 3. The van der Waals surface area contributed by atoms with Crippen LogP contribution in [0.25, 0.3) is 0 Å². The fraction of sp³-hybridized carbons (Fsp3) is 0.917. The molecule has 2 unspecified atom stereocenters. The third-order valence-electron chi connectivity index (χ3n) is 4.11. The monoisotopic (exact) mass is 275 g/mol. The number of carboxylic acids is 1. The van der Waals surface area contributed by atoms with Crippen molar-refractivity contribution in [2.24, 2.45) is 5.92 Å². The van der Waals surface area contributed by atoms with E-state index in [4.69, 9.17) is 5.11 Å². The van der Waals surface area contributed by atoms with Crippen molar-refractivity contribution in [3.05, 3.63) is 0 Å². The molecule has 6 heteroatoms. The van der Waals surface area contributed by atoms with Gasteiger partial charge in [0.2, 0.25) is 10.0 Å². The summed E-state index contributed by atoms with van der Waals surface area (Å²) in [6, 6.07) is 0.188. The summed E-state index contributed by atoms with van der Waals surface area (Å²) < 4.78 is 26.1. The van der Waals surface area contributed by atoms with Crippen LogP contribution < -0.4 is 0 Å². The summed E-state index contributed by atoms with van der Waals surface area (Å²) in [7, 11) is -3.26. The van der Waals surface area contributed by atoms with Gasteiger partial charge < -0.3 is 5.11 Å². The molecule has 1 aliphatic heterocycles. The standard InChI is InChI=1S/C12H21NO4S/c14-12(15)6-3-9-18(16,17)13-8-7-10-4-1-2-5-11(10)13/h10-11H,1-9H2,(H,14,15). The number of carbonyl (C=O) groups is 1. The molecule has 0 aromatic heterocycles. The quantitative estimate of drug-likeness (QED) is 0.824. The van der Waals surface area contributed by atoms with Crippen molar-refractivity contribution in [3.8, 4) is 0 Å². The van der Waals surface area contributed by atoms with Crippen LogP contribution in [0.2, 0.25) is 0 Å². The minimum atomic E-state index is -3.26. The Labute approximate surface area is 108 Å². The van der Waals surface area contributed by atoms with Crippen LogP contribution in [-0.2, 0) is 14.8 Å². The molecular weight excluding hydrogens is 254 g/mol. The van der Waals surface area contributed by atoms with Gasteiger partial charge >= 0.3 is 5.97 Å². The number of carboxylic acid groups (broad SMARTS) is 1. The van der Waals surface area contributed by atoms with E-state index < -0.39 is 16.0 Å². The highest BCUT2D eigenvalue weighted by atomic mass is 32.2. The molecule has 2 rings (SSSR count). The van der Waals surface area contributed by atoms with E-state index in [1.165, 1.54) is 6.42 Å². The first-order valence-corrected chi connectivity index (χ1v) is 8.33. The van der Waals surface area contributed by atoms with Crippen molar-refractivity contribution in [3.63, 3.8) is 0 Å². The number of aliphatic carboxylic acids is 1. The SMILES string of the molecule is O=C(O)CCCS(=O)(=O)N1CCC2CCCCC21. The predicted octanol–water partition coefficient (Wildman–Crippen LogP) is 1.45. The Morgan fingerprint density at radius 2 is 1.94 bits per heavy atom. The molecule has 2 atom stereocenters. The van der Waals surface area contributed by atoms with Crippen molar-refractivity contribution in [1.29, 1.82) is 0 Å². The number of hydrogen-bond donors (Lipinski definition) is 1. The molecule has 5 nitrogen and oxygen atoms in total. The Balaban J connectivity index is 1.95. The van der Waals surface area contributed by atoms with Crippen LogP contribution in [0.3, 0.4) is 0 Å². The smallest absolute Gasteiger partial charge is 0.303 e. The first-order valence-electron chi connectivity index (χ1n) is 6.72. The highest BCUT2D eigenvalue weighted by Crippen LogP contribution is 2.37. The van der Waals surface area contributed by atoms with Gasteiger partial charge in [-0.3, -0.25) is 4.79 Å². The summed E-state index contributed by atoms with van der Waals surface area (Å²) in [5.74, 6) is -0.419. The Bertz CT molecular complexity index is 406. The largest absolute Gasteiger partial charge is 0.481 e. The zero-order valence-electron chi connectivity index (χ0n) is 10.5. The molecule has 1 saturated carbocycles. The molecule has 0 aromatic carbocycles. The molecule has 0 spiro atoms. The molecule has 0 radical (unpaired) electrons. The second kappa shape index (κ2) is 5.57. The number of fused-ring (bicyclic) bond motifs is 1. The summed E-state index contributed by atoms with van der Waals surface area (Å²) in [5.41, 5.74) is 0. The third kappa shape index (κ3) is 3.03. The van der Waals surface area contributed by atoms with E-state index in [2.05, 4.69) is 0 Å². The lowest BCUT2D eigenvalue weighted by atomic mass is 9.86. The third-order valence-corrected chi connectivity index (χ3v) is 6.08. The minimum Gasteiger partial charge on any atom is -0.481 e. The predicted molar refractivity (Wildman–Crippen MR) is 67.7 cm³/mol. The molecule has 18 heavy (non-hydrogen) atoms. The zero-order valence-corrected chi connectivity index (χ0v) is 11.4. The molecule has 2 fully saturated rings. The van der Waals surface area contributed by atoms with E-state index in [9.17, 15) is 13.2 Å². The molecule has 1 heterocycles. The van der Waals surface area contributed by atoms with Crippen molar-refractivity contribution in [1.82, 2.24) is 4.31 Å². The molecule has 2 aliphatic rings. The van der Waals surface area contributed by atoms with E-state index in [-0.39, 0.29) is 24.6 Å². The van der Waals surface area contributed by atoms with Crippen LogP contribution in [0.15, 0.2) is 0 Å². The molecular formula is C12H21NO4S. The van der Waals surface area contributed by atoms with Crippen molar-refractivity contribution >= 4 is 16.0 Å². The van der Waals surface area contributed by atoms with Crippen LogP contribution in [0.4, 0.5) is 0 Å². The van der Waals surface area contributed by atoms with Crippen LogP contribution in [0, 0.1) is 5.92 Å². The number of rotatable bonds is 5. The summed E-state index contributed by atoms with van der Waals surface area (Å²) in [6.45, 7) is 0.630. The fourth-order valence-corrected chi connectivity index (χ4v) is 5.05. The maximum Gasteiger partial charge on any atom is 0.303 e. The fourth-order valence-electron chi connectivity index (χ4n) is 3.23. The van der Waals surface area contributed by atoms with E-state index in [0.29, 0.717) is 12.5 Å². The topological polar surface area (TPSA) is 74.7 Å². The second-order valence-corrected chi connectivity index (χ2v) is 7.37. The van der Waals surface area contributed by atoms with E-state index in [1.807, 2.05) is 0 Å². The molecule has 1 saturated heterocycles. The van der Waals surface area contributed by atoms with Gasteiger partial charge in [-0.15, -0.1) is 0 Å². The van der Waals surface area contributed by atoms with Gasteiger partial charge in [-0.1, -0.05) is 12.8 Å². The summed E-state index contributed by atoms with van der Waals surface area (Å²) in [6.07, 6.45) is 5.57. The minimum absolute atomic E-state index is 0.0253. The normalized spacial score (nSPS) is 29.1. The van der Waals surface area contributed by atoms with Gasteiger partial charge in [0, 0.05) is 19.0 Å². The van der Waals surface area contributed by atoms with Gasteiger partial charge in [0.25, 0.3) is 0 Å². The van der Waals surface area contributed by atoms with Gasteiger partial charge in [-0.25, -0.2) is 8.42 Å². The molecule has 0 amide bonds. The Morgan fingerprint density at radius 1 is 1.22 bits per heavy atom. The summed E-state index contributed by atoms with van der Waals surface area (Å²) >= 11 is 0. The molecule has 1 N–H and O–H groups in total. The first kappa shape index (κ1) is 13.8. The van der Waals surface area contributed by atoms with Crippen LogP contribution in [0.5, 0.6) is 0 Å². The van der Waals surface area contributed by atoms with Gasteiger partial charge in [0.15, 0.2) is 0 Å². The molecule has 1 aliphatic carbocycles. The van der Waals surface area contributed by atoms with E-state index in [1.54, 1.807) is 4.31 Å². The average Bonchev–Trinajstić information content (AvgIpc) is 2.72. The second-order valence-electron chi connectivity index (χ2n) is 5.32. The number of nitrogens with zero attached hydrogens (tertiary/aromatic N) is 1. The van der Waals surface area contributed by atoms with Gasteiger partial charge in [0.05, 0.1) is 5.75 Å². The average molecular weight is 275 g/mol.